The number of benzene rings is 1. The topological polar surface area (TPSA) is 67.2 Å². The Bertz CT molecular complexity index is 665. The monoisotopic (exact) mass is 293 g/mol. The Morgan fingerprint density at radius 1 is 1.45 bits per heavy atom. The molecule has 0 atom stereocenters. The van der Waals surface area contributed by atoms with Gasteiger partial charge in [-0.3, -0.25) is 4.68 Å². The largest absolute Gasteiger partial charge is 0.478 e. The molecule has 5 nitrogen and oxygen atoms in total. The van der Waals surface area contributed by atoms with Crippen LogP contribution in [0.1, 0.15) is 27.3 Å². The second kappa shape index (κ2) is 5.54. The van der Waals surface area contributed by atoms with Crippen LogP contribution in [0.5, 0.6) is 0 Å². The fourth-order valence-corrected chi connectivity index (χ4v) is 2.28. The van der Waals surface area contributed by atoms with Gasteiger partial charge >= 0.3 is 5.97 Å². The zero-order valence-corrected chi connectivity index (χ0v) is 12.3. The quantitative estimate of drug-likeness (QED) is 0.909. The average Bonchev–Trinajstić information content (AvgIpc) is 2.61. The number of nitrogens with one attached hydrogen (secondary N) is 1. The Hall–Kier alpha value is -2.01. The van der Waals surface area contributed by atoms with Crippen molar-refractivity contribution in [3.05, 3.63) is 45.7 Å². The maximum absolute atomic E-state index is 11.2. The van der Waals surface area contributed by atoms with Gasteiger partial charge in [0.2, 0.25) is 0 Å². The number of hydrogen-bond donors (Lipinski definition) is 2. The summed E-state index contributed by atoms with van der Waals surface area (Å²) in [6.45, 7) is 4.42. The summed E-state index contributed by atoms with van der Waals surface area (Å²) in [5.74, 6) is -0.983. The molecule has 0 bridgehead atoms. The third-order valence-corrected chi connectivity index (χ3v) is 3.56. The number of aryl methyl sites for hydroxylation is 2. The first-order valence-corrected chi connectivity index (χ1v) is 6.53. The number of halogens is 1. The molecule has 0 saturated heterocycles. The van der Waals surface area contributed by atoms with E-state index in [1.807, 2.05) is 25.6 Å². The standard InChI is InChI=1S/C14H16ClN3O2/c1-8-12(9(2)18(3)17-8)7-16-13-6-10(15)4-5-11(13)14(19)20/h4-6,16H,7H2,1-3H3,(H,19,20). The number of carboxylic acids is 1. The van der Waals surface area contributed by atoms with Crippen LogP contribution in [0.15, 0.2) is 18.2 Å². The van der Waals surface area contributed by atoms with E-state index in [9.17, 15) is 4.79 Å². The average molecular weight is 294 g/mol. The molecule has 0 unspecified atom stereocenters. The fourth-order valence-electron chi connectivity index (χ4n) is 2.11. The Kier molecular flexibility index (Phi) is 3.99. The van der Waals surface area contributed by atoms with E-state index >= 15 is 0 Å². The van der Waals surface area contributed by atoms with E-state index in [1.54, 1.807) is 12.1 Å². The molecule has 106 valence electrons. The van der Waals surface area contributed by atoms with Gasteiger partial charge in [-0.05, 0) is 32.0 Å². The third-order valence-electron chi connectivity index (χ3n) is 3.33. The van der Waals surface area contributed by atoms with E-state index < -0.39 is 5.97 Å². The number of aromatic nitrogens is 2. The number of rotatable bonds is 4. The van der Waals surface area contributed by atoms with Crippen molar-refractivity contribution >= 4 is 23.3 Å². The molecule has 0 aliphatic heterocycles. The molecule has 20 heavy (non-hydrogen) atoms. The third kappa shape index (κ3) is 2.77. The summed E-state index contributed by atoms with van der Waals surface area (Å²) >= 11 is 5.92. The van der Waals surface area contributed by atoms with Gasteiger partial charge < -0.3 is 10.4 Å². The van der Waals surface area contributed by atoms with Crippen LogP contribution in [0.3, 0.4) is 0 Å². The van der Waals surface area contributed by atoms with E-state index in [2.05, 4.69) is 10.4 Å². The molecule has 0 saturated carbocycles. The lowest BCUT2D eigenvalue weighted by Crippen LogP contribution is -2.07. The summed E-state index contributed by atoms with van der Waals surface area (Å²) in [7, 11) is 1.88. The summed E-state index contributed by atoms with van der Waals surface area (Å²) in [5, 5.41) is 17.1. The summed E-state index contributed by atoms with van der Waals surface area (Å²) in [4.78, 5) is 11.2. The summed E-state index contributed by atoms with van der Waals surface area (Å²) in [5.41, 5.74) is 3.75. The van der Waals surface area contributed by atoms with Gasteiger partial charge in [0.05, 0.1) is 16.9 Å². The lowest BCUT2D eigenvalue weighted by Gasteiger charge is -2.10. The molecule has 1 aromatic heterocycles. The molecule has 1 aromatic carbocycles. The van der Waals surface area contributed by atoms with Crippen molar-refractivity contribution in [1.29, 1.82) is 0 Å². The highest BCUT2D eigenvalue weighted by molar-refractivity contribution is 6.31. The van der Waals surface area contributed by atoms with Gasteiger partial charge in [-0.15, -0.1) is 0 Å². The molecule has 6 heteroatoms. The molecule has 0 aliphatic carbocycles. The molecule has 2 aromatic rings. The van der Waals surface area contributed by atoms with Crippen LogP contribution in [0.25, 0.3) is 0 Å². The number of nitrogens with zero attached hydrogens (tertiary/aromatic N) is 2. The molecular formula is C14H16ClN3O2. The normalized spacial score (nSPS) is 10.6. The van der Waals surface area contributed by atoms with Crippen molar-refractivity contribution in [1.82, 2.24) is 9.78 Å². The Morgan fingerprint density at radius 3 is 2.70 bits per heavy atom. The van der Waals surface area contributed by atoms with E-state index in [0.717, 1.165) is 17.0 Å². The van der Waals surface area contributed by atoms with Crippen molar-refractivity contribution < 1.29 is 9.90 Å². The van der Waals surface area contributed by atoms with Crippen molar-refractivity contribution in [3.8, 4) is 0 Å². The van der Waals surface area contributed by atoms with Crippen LogP contribution in [-0.2, 0) is 13.6 Å². The number of carbonyl (C=O) groups is 1. The fraction of sp³-hybridized carbons (Fsp3) is 0.286. The van der Waals surface area contributed by atoms with Crippen LogP contribution in [-0.4, -0.2) is 20.9 Å². The van der Waals surface area contributed by atoms with E-state index in [-0.39, 0.29) is 5.56 Å². The lowest BCUT2D eigenvalue weighted by atomic mass is 10.1. The SMILES string of the molecule is Cc1nn(C)c(C)c1CNc1cc(Cl)ccc1C(=O)O. The molecule has 1 heterocycles. The molecule has 0 spiro atoms. The minimum Gasteiger partial charge on any atom is -0.478 e. The summed E-state index contributed by atoms with van der Waals surface area (Å²) in [6.07, 6.45) is 0. The molecule has 0 amide bonds. The van der Waals surface area contributed by atoms with Crippen LogP contribution in [0.4, 0.5) is 5.69 Å². The number of carboxylic acid groups (broad SMARTS) is 1. The van der Waals surface area contributed by atoms with Gasteiger partial charge in [0, 0.05) is 29.9 Å². The molecule has 2 rings (SSSR count). The van der Waals surface area contributed by atoms with Gasteiger partial charge in [0.25, 0.3) is 0 Å². The second-order valence-corrected chi connectivity index (χ2v) is 5.06. The zero-order chi connectivity index (χ0) is 14.9. The Morgan fingerprint density at radius 2 is 2.15 bits per heavy atom. The van der Waals surface area contributed by atoms with E-state index in [4.69, 9.17) is 16.7 Å². The van der Waals surface area contributed by atoms with E-state index in [0.29, 0.717) is 17.3 Å². The highest BCUT2D eigenvalue weighted by Crippen LogP contribution is 2.23. The first-order valence-electron chi connectivity index (χ1n) is 6.16. The number of anilines is 1. The highest BCUT2D eigenvalue weighted by Gasteiger charge is 2.13. The number of hydrogen-bond acceptors (Lipinski definition) is 3. The first kappa shape index (κ1) is 14.4. The maximum atomic E-state index is 11.2. The summed E-state index contributed by atoms with van der Waals surface area (Å²) in [6, 6.07) is 4.68. The molecule has 0 fully saturated rings. The minimum absolute atomic E-state index is 0.202. The van der Waals surface area contributed by atoms with Crippen molar-refractivity contribution in [3.63, 3.8) is 0 Å². The Labute approximate surface area is 122 Å². The van der Waals surface area contributed by atoms with Crippen LogP contribution in [0.2, 0.25) is 5.02 Å². The van der Waals surface area contributed by atoms with Gasteiger partial charge in [-0.1, -0.05) is 11.6 Å². The molecule has 2 N–H and O–H groups in total. The van der Waals surface area contributed by atoms with Crippen LogP contribution < -0.4 is 5.32 Å². The molecule has 0 radical (unpaired) electrons. The van der Waals surface area contributed by atoms with Gasteiger partial charge in [-0.25, -0.2) is 4.79 Å². The smallest absolute Gasteiger partial charge is 0.337 e. The Balaban J connectivity index is 2.27. The molecular weight excluding hydrogens is 278 g/mol. The lowest BCUT2D eigenvalue weighted by molar-refractivity contribution is 0.0698. The summed E-state index contributed by atoms with van der Waals surface area (Å²) < 4.78 is 1.81. The predicted octanol–water partition coefficient (Wildman–Crippen LogP) is 3.00. The van der Waals surface area contributed by atoms with Crippen LogP contribution >= 0.6 is 11.6 Å². The first-order chi connectivity index (χ1) is 9.40. The van der Waals surface area contributed by atoms with Gasteiger partial charge in [0.15, 0.2) is 0 Å². The second-order valence-electron chi connectivity index (χ2n) is 4.62. The van der Waals surface area contributed by atoms with E-state index in [1.165, 1.54) is 6.07 Å². The minimum atomic E-state index is -0.983. The maximum Gasteiger partial charge on any atom is 0.337 e. The van der Waals surface area contributed by atoms with Gasteiger partial charge in [0.1, 0.15) is 0 Å². The van der Waals surface area contributed by atoms with Crippen molar-refractivity contribution in [2.75, 3.05) is 5.32 Å². The molecule has 0 aliphatic rings. The van der Waals surface area contributed by atoms with Crippen LogP contribution in [0, 0.1) is 13.8 Å². The number of aromatic carboxylic acids is 1. The zero-order valence-electron chi connectivity index (χ0n) is 11.6. The van der Waals surface area contributed by atoms with Gasteiger partial charge in [-0.2, -0.15) is 5.10 Å². The highest BCUT2D eigenvalue weighted by atomic mass is 35.5. The van der Waals surface area contributed by atoms with Crippen molar-refractivity contribution in [2.45, 2.75) is 20.4 Å². The van der Waals surface area contributed by atoms with Crippen molar-refractivity contribution in [2.24, 2.45) is 7.05 Å². The predicted molar refractivity (Wildman–Crippen MR) is 78.4 cm³/mol.